The average molecular weight is 248 g/mol. The van der Waals surface area contributed by atoms with E-state index >= 15 is 0 Å². The highest BCUT2D eigenvalue weighted by Crippen LogP contribution is 2.41. The van der Waals surface area contributed by atoms with Gasteiger partial charge in [-0.2, -0.15) is 0 Å². The second-order valence-corrected chi connectivity index (χ2v) is 5.94. The second-order valence-electron chi connectivity index (χ2n) is 4.22. The summed E-state index contributed by atoms with van der Waals surface area (Å²) in [6, 6.07) is 3.58. The number of nitrogens with one attached hydrogen (secondary N) is 1. The van der Waals surface area contributed by atoms with Gasteiger partial charge in [-0.05, 0) is 38.4 Å². The summed E-state index contributed by atoms with van der Waals surface area (Å²) in [5, 5.41) is 3.25. The first kappa shape index (κ1) is 11.4. The largest absolute Gasteiger partial charge is 0.316 e. The first-order chi connectivity index (χ1) is 7.10. The molecule has 2 atom stereocenters. The first-order valence-electron chi connectivity index (χ1n) is 5.26. The van der Waals surface area contributed by atoms with Gasteiger partial charge in [-0.1, -0.05) is 11.6 Å². The molecule has 1 aliphatic rings. The third-order valence-corrected chi connectivity index (χ3v) is 4.56. The summed E-state index contributed by atoms with van der Waals surface area (Å²) >= 11 is 7.19. The second kappa shape index (κ2) is 4.40. The lowest BCUT2D eigenvalue weighted by molar-refractivity contribution is 0.0850. The van der Waals surface area contributed by atoms with Crippen LogP contribution in [-0.4, -0.2) is 13.1 Å². The average Bonchev–Trinajstić information content (AvgIpc) is 2.67. The molecule has 4 heteroatoms. The third-order valence-electron chi connectivity index (χ3n) is 3.12. The fourth-order valence-electron chi connectivity index (χ4n) is 2.09. The van der Waals surface area contributed by atoms with Gasteiger partial charge in [0.2, 0.25) is 0 Å². The quantitative estimate of drug-likeness (QED) is 0.842. The Hall–Kier alpha value is -0.120. The molecular weight excluding hydrogens is 233 g/mol. The Morgan fingerprint density at radius 1 is 1.60 bits per heavy atom. The van der Waals surface area contributed by atoms with Crippen LogP contribution in [0.15, 0.2) is 12.1 Å². The maximum Gasteiger partial charge on any atom is 0.146 e. The van der Waals surface area contributed by atoms with E-state index in [9.17, 15) is 4.39 Å². The lowest BCUT2D eigenvalue weighted by atomic mass is 9.84. The van der Waals surface area contributed by atoms with E-state index in [1.807, 2.05) is 6.07 Å². The highest BCUT2D eigenvalue weighted by molar-refractivity contribution is 7.16. The van der Waals surface area contributed by atoms with Gasteiger partial charge in [0.25, 0.3) is 0 Å². The Morgan fingerprint density at radius 3 is 2.93 bits per heavy atom. The molecule has 0 aliphatic carbocycles. The predicted octanol–water partition coefficient (Wildman–Crippen LogP) is 3.59. The van der Waals surface area contributed by atoms with E-state index < -0.39 is 5.67 Å². The lowest BCUT2D eigenvalue weighted by Gasteiger charge is -2.33. The molecule has 1 nitrogen and oxygen atoms in total. The minimum atomic E-state index is -1.24. The van der Waals surface area contributed by atoms with Gasteiger partial charge in [-0.15, -0.1) is 11.3 Å². The van der Waals surface area contributed by atoms with Crippen LogP contribution in [0.25, 0.3) is 0 Å². The minimum absolute atomic E-state index is 0.0703. The van der Waals surface area contributed by atoms with Gasteiger partial charge >= 0.3 is 0 Å². The van der Waals surface area contributed by atoms with E-state index in [0.717, 1.165) is 30.8 Å². The Labute approximate surface area is 98.6 Å². The van der Waals surface area contributed by atoms with Crippen molar-refractivity contribution in [3.8, 4) is 0 Å². The number of hydrogen-bond donors (Lipinski definition) is 1. The van der Waals surface area contributed by atoms with Crippen LogP contribution in [0.2, 0.25) is 4.34 Å². The van der Waals surface area contributed by atoms with Crippen LogP contribution in [0.1, 0.15) is 24.6 Å². The normalized spacial score (nSPS) is 26.2. The summed E-state index contributed by atoms with van der Waals surface area (Å²) in [6.45, 7) is 3.45. The summed E-state index contributed by atoms with van der Waals surface area (Å²) < 4.78 is 15.3. The molecule has 1 aliphatic heterocycles. The molecule has 0 aromatic carbocycles. The molecule has 2 heterocycles. The molecule has 2 unspecified atom stereocenters. The van der Waals surface area contributed by atoms with Crippen molar-refractivity contribution < 1.29 is 4.39 Å². The van der Waals surface area contributed by atoms with E-state index in [1.54, 1.807) is 13.0 Å². The molecule has 1 aromatic heterocycles. The zero-order valence-corrected chi connectivity index (χ0v) is 10.3. The predicted molar refractivity (Wildman–Crippen MR) is 63.4 cm³/mol. The third kappa shape index (κ3) is 2.35. The van der Waals surface area contributed by atoms with Crippen molar-refractivity contribution in [1.82, 2.24) is 5.32 Å². The van der Waals surface area contributed by atoms with Crippen LogP contribution in [0.3, 0.4) is 0 Å². The number of hydrogen-bond acceptors (Lipinski definition) is 2. The van der Waals surface area contributed by atoms with Crippen LogP contribution < -0.4 is 5.32 Å². The van der Waals surface area contributed by atoms with Crippen LogP contribution in [0, 0.1) is 5.92 Å². The molecule has 0 saturated carbocycles. The van der Waals surface area contributed by atoms with Crippen LogP contribution in [0.5, 0.6) is 0 Å². The van der Waals surface area contributed by atoms with Crippen LogP contribution in [0.4, 0.5) is 4.39 Å². The maximum absolute atomic E-state index is 14.6. The smallest absolute Gasteiger partial charge is 0.146 e. The van der Waals surface area contributed by atoms with Gasteiger partial charge in [-0.3, -0.25) is 0 Å². The molecule has 0 amide bonds. The van der Waals surface area contributed by atoms with Crippen molar-refractivity contribution in [3.05, 3.63) is 21.3 Å². The number of thiophene rings is 1. The summed E-state index contributed by atoms with van der Waals surface area (Å²) in [6.07, 6.45) is 2.01. The van der Waals surface area contributed by atoms with Crippen LogP contribution >= 0.6 is 22.9 Å². The zero-order chi connectivity index (χ0) is 10.9. The Morgan fingerprint density at radius 2 is 2.40 bits per heavy atom. The Balaban J connectivity index is 2.17. The molecule has 84 valence electrons. The molecule has 2 rings (SSSR count). The van der Waals surface area contributed by atoms with Crippen molar-refractivity contribution >= 4 is 22.9 Å². The fraction of sp³-hybridized carbons (Fsp3) is 0.636. The van der Waals surface area contributed by atoms with E-state index in [4.69, 9.17) is 11.6 Å². The molecule has 0 spiro atoms. The molecule has 15 heavy (non-hydrogen) atoms. The molecular formula is C11H15ClFNS. The Bertz CT molecular complexity index is 331. The van der Waals surface area contributed by atoms with Gasteiger partial charge in [0, 0.05) is 17.3 Å². The lowest BCUT2D eigenvalue weighted by Crippen LogP contribution is -2.39. The highest BCUT2D eigenvalue weighted by Gasteiger charge is 2.37. The number of piperidine rings is 1. The van der Waals surface area contributed by atoms with E-state index in [1.165, 1.54) is 11.3 Å². The monoisotopic (exact) mass is 247 g/mol. The van der Waals surface area contributed by atoms with Gasteiger partial charge in [0.05, 0.1) is 4.34 Å². The molecule has 1 saturated heterocycles. The van der Waals surface area contributed by atoms with E-state index in [-0.39, 0.29) is 5.92 Å². The Kier molecular flexibility index (Phi) is 3.33. The minimum Gasteiger partial charge on any atom is -0.316 e. The maximum atomic E-state index is 14.6. The first-order valence-corrected chi connectivity index (χ1v) is 6.45. The summed E-state index contributed by atoms with van der Waals surface area (Å²) in [7, 11) is 0. The van der Waals surface area contributed by atoms with E-state index in [0.29, 0.717) is 4.34 Å². The van der Waals surface area contributed by atoms with Gasteiger partial charge in [0.1, 0.15) is 5.67 Å². The summed E-state index contributed by atoms with van der Waals surface area (Å²) in [5.74, 6) is 0.0703. The molecule has 1 N–H and O–H groups in total. The molecule has 0 bridgehead atoms. The molecule has 0 radical (unpaired) electrons. The van der Waals surface area contributed by atoms with Crippen molar-refractivity contribution in [3.63, 3.8) is 0 Å². The molecule has 1 aromatic rings. The van der Waals surface area contributed by atoms with Crippen molar-refractivity contribution in [2.24, 2.45) is 5.92 Å². The van der Waals surface area contributed by atoms with Crippen LogP contribution in [-0.2, 0) is 5.67 Å². The van der Waals surface area contributed by atoms with Gasteiger partial charge in [-0.25, -0.2) is 4.39 Å². The highest BCUT2D eigenvalue weighted by atomic mass is 35.5. The standard InChI is InChI=1S/C11H15ClFNS/c1-11(13,8-3-2-6-14-7-8)9-4-5-10(12)15-9/h4-5,8,14H,2-3,6-7H2,1H3. The number of alkyl halides is 1. The van der Waals surface area contributed by atoms with E-state index in [2.05, 4.69) is 5.32 Å². The topological polar surface area (TPSA) is 12.0 Å². The summed E-state index contributed by atoms with van der Waals surface area (Å²) in [5.41, 5.74) is -1.24. The number of rotatable bonds is 2. The SMILES string of the molecule is CC(F)(c1ccc(Cl)s1)C1CCCNC1. The fourth-order valence-corrected chi connectivity index (χ4v) is 3.25. The zero-order valence-electron chi connectivity index (χ0n) is 8.72. The summed E-state index contributed by atoms with van der Waals surface area (Å²) in [4.78, 5) is 0.751. The molecule has 1 fully saturated rings. The van der Waals surface area contributed by atoms with Crippen molar-refractivity contribution in [1.29, 1.82) is 0 Å². The van der Waals surface area contributed by atoms with Crippen molar-refractivity contribution in [2.75, 3.05) is 13.1 Å². The van der Waals surface area contributed by atoms with Gasteiger partial charge in [0.15, 0.2) is 0 Å². The number of halogens is 2. The van der Waals surface area contributed by atoms with Gasteiger partial charge < -0.3 is 5.32 Å². The van der Waals surface area contributed by atoms with Crippen molar-refractivity contribution in [2.45, 2.75) is 25.4 Å².